The van der Waals surface area contributed by atoms with Gasteiger partial charge in [-0.25, -0.2) is 0 Å². The highest BCUT2D eigenvalue weighted by atomic mass is 79.9. The molecule has 1 aromatic carbocycles. The first-order valence-electron chi connectivity index (χ1n) is 4.91. The van der Waals surface area contributed by atoms with Crippen LogP contribution in [0.25, 0.3) is 10.9 Å². The van der Waals surface area contributed by atoms with Gasteiger partial charge in [0.15, 0.2) is 0 Å². The molecule has 0 saturated carbocycles. The Labute approximate surface area is 97.8 Å². The molecule has 3 heteroatoms. The van der Waals surface area contributed by atoms with Crippen LogP contribution in [0.15, 0.2) is 28.7 Å². The summed E-state index contributed by atoms with van der Waals surface area (Å²) in [5.74, 6) is 0. The van der Waals surface area contributed by atoms with E-state index < -0.39 is 0 Å². The SMILES string of the molecule is CNCc1cc2cccc(Br)c2nc1C. The van der Waals surface area contributed by atoms with Crippen molar-refractivity contribution in [2.45, 2.75) is 13.5 Å². The van der Waals surface area contributed by atoms with E-state index in [1.54, 1.807) is 0 Å². The first kappa shape index (κ1) is 10.6. The van der Waals surface area contributed by atoms with Crippen molar-refractivity contribution in [3.05, 3.63) is 40.0 Å². The van der Waals surface area contributed by atoms with E-state index in [2.05, 4.69) is 38.4 Å². The average Bonchev–Trinajstić information content (AvgIpc) is 2.21. The molecule has 0 spiro atoms. The molecule has 2 nitrogen and oxygen atoms in total. The highest BCUT2D eigenvalue weighted by Gasteiger charge is 2.04. The van der Waals surface area contributed by atoms with E-state index in [0.717, 1.165) is 22.2 Å². The summed E-state index contributed by atoms with van der Waals surface area (Å²) in [5.41, 5.74) is 3.38. The predicted molar refractivity (Wildman–Crippen MR) is 66.9 cm³/mol. The molecule has 78 valence electrons. The molecule has 1 heterocycles. The number of hydrogen-bond donors (Lipinski definition) is 1. The predicted octanol–water partition coefficient (Wildman–Crippen LogP) is 3.03. The third kappa shape index (κ3) is 2.03. The Morgan fingerprint density at radius 2 is 2.20 bits per heavy atom. The lowest BCUT2D eigenvalue weighted by molar-refractivity contribution is 0.807. The number of benzene rings is 1. The fraction of sp³-hybridized carbons (Fsp3) is 0.250. The molecular weight excluding hydrogens is 252 g/mol. The third-order valence-corrected chi connectivity index (χ3v) is 3.10. The van der Waals surface area contributed by atoms with Gasteiger partial charge in [-0.3, -0.25) is 4.98 Å². The number of nitrogens with zero attached hydrogens (tertiary/aromatic N) is 1. The zero-order chi connectivity index (χ0) is 10.8. The Morgan fingerprint density at radius 1 is 1.40 bits per heavy atom. The molecular formula is C12H13BrN2. The molecule has 0 unspecified atom stereocenters. The van der Waals surface area contributed by atoms with Crippen LogP contribution in [0.5, 0.6) is 0 Å². The minimum Gasteiger partial charge on any atom is -0.316 e. The largest absolute Gasteiger partial charge is 0.316 e. The number of aromatic nitrogens is 1. The van der Waals surface area contributed by atoms with Crippen molar-refractivity contribution in [1.29, 1.82) is 0 Å². The second-order valence-corrected chi connectivity index (χ2v) is 4.43. The lowest BCUT2D eigenvalue weighted by Crippen LogP contribution is -2.07. The van der Waals surface area contributed by atoms with Gasteiger partial charge in [0.1, 0.15) is 0 Å². The average molecular weight is 265 g/mol. The summed E-state index contributed by atoms with van der Waals surface area (Å²) >= 11 is 3.52. The molecule has 0 radical (unpaired) electrons. The smallest absolute Gasteiger partial charge is 0.0847 e. The Morgan fingerprint density at radius 3 is 2.93 bits per heavy atom. The number of pyridine rings is 1. The van der Waals surface area contributed by atoms with Crippen LogP contribution in [-0.2, 0) is 6.54 Å². The monoisotopic (exact) mass is 264 g/mol. The van der Waals surface area contributed by atoms with Crippen molar-refractivity contribution < 1.29 is 0 Å². The second kappa shape index (κ2) is 4.29. The summed E-state index contributed by atoms with van der Waals surface area (Å²) in [6, 6.07) is 8.34. The lowest BCUT2D eigenvalue weighted by Gasteiger charge is -2.07. The van der Waals surface area contributed by atoms with E-state index in [9.17, 15) is 0 Å². The quantitative estimate of drug-likeness (QED) is 0.902. The van der Waals surface area contributed by atoms with Crippen LogP contribution in [0.3, 0.4) is 0 Å². The van der Waals surface area contributed by atoms with Crippen molar-refractivity contribution in [3.63, 3.8) is 0 Å². The van der Waals surface area contributed by atoms with Gasteiger partial charge in [-0.05, 0) is 47.6 Å². The Kier molecular flexibility index (Phi) is 3.03. The molecule has 0 atom stereocenters. The summed E-state index contributed by atoms with van der Waals surface area (Å²) in [6.07, 6.45) is 0. The van der Waals surface area contributed by atoms with Gasteiger partial charge >= 0.3 is 0 Å². The van der Waals surface area contributed by atoms with Crippen molar-refractivity contribution >= 4 is 26.8 Å². The number of halogens is 1. The zero-order valence-corrected chi connectivity index (χ0v) is 10.4. The number of rotatable bonds is 2. The highest BCUT2D eigenvalue weighted by Crippen LogP contribution is 2.23. The summed E-state index contributed by atoms with van der Waals surface area (Å²) in [5, 5.41) is 4.33. The van der Waals surface area contributed by atoms with Gasteiger partial charge in [0.2, 0.25) is 0 Å². The van der Waals surface area contributed by atoms with E-state index >= 15 is 0 Å². The van der Waals surface area contributed by atoms with Crippen LogP contribution in [0, 0.1) is 6.92 Å². The van der Waals surface area contributed by atoms with E-state index in [4.69, 9.17) is 0 Å². The molecule has 2 aromatic rings. The number of aryl methyl sites for hydroxylation is 1. The van der Waals surface area contributed by atoms with Crippen molar-refractivity contribution in [3.8, 4) is 0 Å². The minimum atomic E-state index is 0.862. The fourth-order valence-corrected chi connectivity index (χ4v) is 2.14. The summed E-state index contributed by atoms with van der Waals surface area (Å²) in [7, 11) is 1.95. The molecule has 1 N–H and O–H groups in total. The van der Waals surface area contributed by atoms with Crippen LogP contribution in [0.1, 0.15) is 11.3 Å². The van der Waals surface area contributed by atoms with E-state index in [0.29, 0.717) is 0 Å². The molecule has 2 rings (SSSR count). The minimum absolute atomic E-state index is 0.862. The molecule has 0 aliphatic carbocycles. The van der Waals surface area contributed by atoms with Gasteiger partial charge in [-0.2, -0.15) is 0 Å². The van der Waals surface area contributed by atoms with E-state index in [-0.39, 0.29) is 0 Å². The maximum absolute atomic E-state index is 4.61. The van der Waals surface area contributed by atoms with Crippen LogP contribution in [0.2, 0.25) is 0 Å². The Balaban J connectivity index is 2.65. The second-order valence-electron chi connectivity index (χ2n) is 3.57. The maximum Gasteiger partial charge on any atom is 0.0847 e. The van der Waals surface area contributed by atoms with Crippen molar-refractivity contribution in [2.75, 3.05) is 7.05 Å². The number of para-hydroxylation sites is 1. The molecule has 0 aliphatic rings. The number of fused-ring (bicyclic) bond motifs is 1. The third-order valence-electron chi connectivity index (χ3n) is 2.46. The van der Waals surface area contributed by atoms with Gasteiger partial charge in [0, 0.05) is 22.1 Å². The van der Waals surface area contributed by atoms with Crippen LogP contribution in [-0.4, -0.2) is 12.0 Å². The van der Waals surface area contributed by atoms with Crippen LogP contribution >= 0.6 is 15.9 Å². The molecule has 0 amide bonds. The van der Waals surface area contributed by atoms with Gasteiger partial charge in [0.05, 0.1) is 5.52 Å². The molecule has 0 aliphatic heterocycles. The molecule has 1 aromatic heterocycles. The van der Waals surface area contributed by atoms with Gasteiger partial charge in [0.25, 0.3) is 0 Å². The summed E-state index contributed by atoms with van der Waals surface area (Å²) in [6.45, 7) is 2.91. The van der Waals surface area contributed by atoms with Gasteiger partial charge < -0.3 is 5.32 Å². The van der Waals surface area contributed by atoms with Crippen molar-refractivity contribution in [2.24, 2.45) is 0 Å². The van der Waals surface area contributed by atoms with E-state index in [1.807, 2.05) is 26.1 Å². The first-order valence-corrected chi connectivity index (χ1v) is 5.71. The lowest BCUT2D eigenvalue weighted by atomic mass is 10.1. The summed E-state index contributed by atoms with van der Waals surface area (Å²) in [4.78, 5) is 4.61. The molecule has 0 fully saturated rings. The Bertz CT molecular complexity index is 494. The Hall–Kier alpha value is -0.930. The first-order chi connectivity index (χ1) is 7.22. The molecule has 15 heavy (non-hydrogen) atoms. The van der Waals surface area contributed by atoms with Gasteiger partial charge in [-0.15, -0.1) is 0 Å². The summed E-state index contributed by atoms with van der Waals surface area (Å²) < 4.78 is 1.05. The number of nitrogens with one attached hydrogen (secondary N) is 1. The molecule has 0 bridgehead atoms. The fourth-order valence-electron chi connectivity index (χ4n) is 1.67. The van der Waals surface area contributed by atoms with Crippen molar-refractivity contribution in [1.82, 2.24) is 10.3 Å². The van der Waals surface area contributed by atoms with E-state index in [1.165, 1.54) is 10.9 Å². The van der Waals surface area contributed by atoms with Crippen LogP contribution < -0.4 is 5.32 Å². The molecule has 0 saturated heterocycles. The highest BCUT2D eigenvalue weighted by molar-refractivity contribution is 9.10. The standard InChI is InChI=1S/C12H13BrN2/c1-8-10(7-14-2)6-9-4-3-5-11(13)12(9)15-8/h3-6,14H,7H2,1-2H3. The normalized spacial score (nSPS) is 10.9. The zero-order valence-electron chi connectivity index (χ0n) is 8.84. The van der Waals surface area contributed by atoms with Gasteiger partial charge in [-0.1, -0.05) is 12.1 Å². The maximum atomic E-state index is 4.61. The topological polar surface area (TPSA) is 24.9 Å². The number of hydrogen-bond acceptors (Lipinski definition) is 2. The van der Waals surface area contributed by atoms with Crippen LogP contribution in [0.4, 0.5) is 0 Å².